The van der Waals surface area contributed by atoms with Crippen molar-refractivity contribution in [2.24, 2.45) is 22.7 Å². The third-order valence-electron chi connectivity index (χ3n) is 10.1. The van der Waals surface area contributed by atoms with Crippen LogP contribution in [-0.2, 0) is 22.6 Å². The van der Waals surface area contributed by atoms with Gasteiger partial charge in [0.1, 0.15) is 0 Å². The first-order chi connectivity index (χ1) is 21.8. The van der Waals surface area contributed by atoms with Crippen LogP contribution in [0.1, 0.15) is 66.4 Å². The fourth-order valence-corrected chi connectivity index (χ4v) is 8.38. The Bertz CT molecular complexity index is 1520. The molecule has 8 heteroatoms. The third-order valence-corrected chi connectivity index (χ3v) is 10.1. The van der Waals surface area contributed by atoms with E-state index in [1.807, 2.05) is 30.3 Å². The van der Waals surface area contributed by atoms with Crippen LogP contribution in [0.4, 0.5) is 5.69 Å². The van der Waals surface area contributed by atoms with Gasteiger partial charge in [-0.25, -0.2) is 0 Å². The van der Waals surface area contributed by atoms with E-state index in [2.05, 4.69) is 28.1 Å². The lowest BCUT2D eigenvalue weighted by Crippen LogP contribution is -2.61. The van der Waals surface area contributed by atoms with E-state index in [-0.39, 0.29) is 17.7 Å². The van der Waals surface area contributed by atoms with Crippen molar-refractivity contribution in [1.29, 1.82) is 0 Å². The Morgan fingerprint density at radius 2 is 1.40 bits per heavy atom. The summed E-state index contributed by atoms with van der Waals surface area (Å²) in [4.78, 5) is 40.3. The maximum atomic E-state index is 13.8. The van der Waals surface area contributed by atoms with Crippen molar-refractivity contribution < 1.29 is 23.9 Å². The van der Waals surface area contributed by atoms with Gasteiger partial charge < -0.3 is 25.4 Å². The molecule has 7 rings (SSSR count). The maximum Gasteiger partial charge on any atom is 0.255 e. The molecule has 4 aliphatic rings. The van der Waals surface area contributed by atoms with Gasteiger partial charge in [-0.1, -0.05) is 42.5 Å². The maximum absolute atomic E-state index is 13.8. The normalized spacial score (nSPS) is 24.5. The number of nitrogens with one attached hydrogen (secondary N) is 3. The fourth-order valence-electron chi connectivity index (χ4n) is 8.38. The Hall–Kier alpha value is -4.33. The van der Waals surface area contributed by atoms with Gasteiger partial charge in [0.25, 0.3) is 5.91 Å². The minimum Gasteiger partial charge on any atom is -0.493 e. The third kappa shape index (κ3) is 6.56. The molecule has 3 N–H and O–H groups in total. The van der Waals surface area contributed by atoms with Gasteiger partial charge in [0.15, 0.2) is 11.5 Å². The van der Waals surface area contributed by atoms with Gasteiger partial charge in [-0.15, -0.1) is 0 Å². The molecule has 3 aromatic rings. The van der Waals surface area contributed by atoms with Crippen LogP contribution >= 0.6 is 0 Å². The molecule has 8 nitrogen and oxygen atoms in total. The lowest BCUT2D eigenvalue weighted by Gasteiger charge is -2.60. The number of hydrogen-bond acceptors (Lipinski definition) is 5. The molecule has 2 atom stereocenters. The van der Waals surface area contributed by atoms with E-state index in [4.69, 9.17) is 9.47 Å². The molecule has 4 aliphatic carbocycles. The number of aryl methyl sites for hydroxylation is 1. The smallest absolute Gasteiger partial charge is 0.255 e. The number of carbonyl (C=O) groups excluding carboxylic acids is 3. The lowest BCUT2D eigenvalue weighted by atomic mass is 9.43. The highest BCUT2D eigenvalue weighted by Crippen LogP contribution is 2.65. The predicted octanol–water partition coefficient (Wildman–Crippen LogP) is 5.91. The average molecular weight is 610 g/mol. The standard InChI is InChI=1S/C37H43N3O5/c1-44-31-15-14-30(18-32(31)45-2)40-33(41)29-12-10-26(11-13-29)23-39-35(43)37-21-27-17-28(22-37)20-36(19-27,24-37)34(42)38-16-6-9-25-7-4-3-5-8-25/h3-5,7-8,10-15,18,27-28H,6,9,16-17,19-24H2,1-2H3,(H,38,42)(H,39,43)(H,40,41). The topological polar surface area (TPSA) is 106 Å². The average Bonchev–Trinajstić information content (AvgIpc) is 3.05. The van der Waals surface area contributed by atoms with Crippen LogP contribution < -0.4 is 25.4 Å². The number of amides is 3. The van der Waals surface area contributed by atoms with E-state index in [9.17, 15) is 14.4 Å². The van der Waals surface area contributed by atoms with Gasteiger partial charge in [-0.3, -0.25) is 14.4 Å². The van der Waals surface area contributed by atoms with Crippen molar-refractivity contribution in [3.63, 3.8) is 0 Å². The molecule has 0 saturated heterocycles. The Labute approximate surface area is 265 Å². The molecule has 2 unspecified atom stereocenters. The van der Waals surface area contributed by atoms with Gasteiger partial charge in [0, 0.05) is 30.4 Å². The summed E-state index contributed by atoms with van der Waals surface area (Å²) in [6.07, 6.45) is 7.15. The zero-order valence-electron chi connectivity index (χ0n) is 26.2. The van der Waals surface area contributed by atoms with Crippen molar-refractivity contribution >= 4 is 23.4 Å². The summed E-state index contributed by atoms with van der Waals surface area (Å²) in [6.45, 7) is 1.04. The molecule has 236 valence electrons. The lowest BCUT2D eigenvalue weighted by molar-refractivity contribution is -0.167. The monoisotopic (exact) mass is 609 g/mol. The van der Waals surface area contributed by atoms with Crippen molar-refractivity contribution in [1.82, 2.24) is 10.6 Å². The molecule has 0 spiro atoms. The van der Waals surface area contributed by atoms with Gasteiger partial charge in [0.05, 0.1) is 25.0 Å². The molecule has 4 fully saturated rings. The number of ether oxygens (including phenoxy) is 2. The van der Waals surface area contributed by atoms with E-state index < -0.39 is 10.8 Å². The quantitative estimate of drug-likeness (QED) is 0.222. The zero-order valence-corrected chi connectivity index (χ0v) is 26.2. The molecule has 4 saturated carbocycles. The summed E-state index contributed by atoms with van der Waals surface area (Å²) >= 11 is 0. The van der Waals surface area contributed by atoms with Gasteiger partial charge in [-0.2, -0.15) is 0 Å². The number of rotatable bonds is 12. The first-order valence-corrected chi connectivity index (χ1v) is 16.0. The van der Waals surface area contributed by atoms with Crippen molar-refractivity contribution in [3.05, 3.63) is 89.5 Å². The molecule has 0 radical (unpaired) electrons. The second-order valence-electron chi connectivity index (χ2n) is 13.3. The Morgan fingerprint density at radius 1 is 0.756 bits per heavy atom. The molecule has 0 heterocycles. The predicted molar refractivity (Wildman–Crippen MR) is 173 cm³/mol. The molecular weight excluding hydrogens is 566 g/mol. The summed E-state index contributed by atoms with van der Waals surface area (Å²) in [5.74, 6) is 1.94. The van der Waals surface area contributed by atoms with Crippen LogP contribution in [0.15, 0.2) is 72.8 Å². The SMILES string of the molecule is COc1ccc(NC(=O)c2ccc(CNC(=O)C34CC5CC(CC(C(=O)NCCCc6ccccc6)(C5)C3)C4)cc2)cc1OC. The molecule has 0 aromatic heterocycles. The zero-order chi connectivity index (χ0) is 31.4. The van der Waals surface area contributed by atoms with Crippen molar-refractivity contribution in [3.8, 4) is 11.5 Å². The van der Waals surface area contributed by atoms with E-state index >= 15 is 0 Å². The number of methoxy groups -OCH3 is 2. The Morgan fingerprint density at radius 3 is 2.04 bits per heavy atom. The van der Waals surface area contributed by atoms with Crippen LogP contribution in [0.3, 0.4) is 0 Å². The summed E-state index contributed by atoms with van der Waals surface area (Å²) in [5, 5.41) is 9.33. The Balaban J connectivity index is 1.03. The molecule has 3 aromatic carbocycles. The van der Waals surface area contributed by atoms with E-state index in [1.165, 1.54) is 5.56 Å². The van der Waals surface area contributed by atoms with E-state index in [1.54, 1.807) is 44.6 Å². The highest BCUT2D eigenvalue weighted by atomic mass is 16.5. The number of anilines is 1. The first kappa shape index (κ1) is 30.7. The van der Waals surface area contributed by atoms with Crippen LogP contribution in [-0.4, -0.2) is 38.5 Å². The minimum atomic E-state index is -0.481. The van der Waals surface area contributed by atoms with Crippen molar-refractivity contribution in [2.75, 3.05) is 26.1 Å². The van der Waals surface area contributed by atoms with Gasteiger partial charge in [0.2, 0.25) is 11.8 Å². The molecular formula is C37H43N3O5. The van der Waals surface area contributed by atoms with Crippen LogP contribution in [0.2, 0.25) is 0 Å². The molecule has 45 heavy (non-hydrogen) atoms. The largest absolute Gasteiger partial charge is 0.493 e. The molecule has 0 aliphatic heterocycles. The highest BCUT2D eigenvalue weighted by molar-refractivity contribution is 6.04. The van der Waals surface area contributed by atoms with Crippen molar-refractivity contribution in [2.45, 2.75) is 57.9 Å². The second-order valence-corrected chi connectivity index (χ2v) is 13.3. The second kappa shape index (κ2) is 13.0. The summed E-state index contributed by atoms with van der Waals surface area (Å²) < 4.78 is 10.6. The Kier molecular flexibility index (Phi) is 8.83. The summed E-state index contributed by atoms with van der Waals surface area (Å²) in [7, 11) is 3.11. The highest BCUT2D eigenvalue weighted by Gasteiger charge is 2.62. The number of hydrogen-bond donors (Lipinski definition) is 3. The van der Waals surface area contributed by atoms with Gasteiger partial charge in [-0.05, 0) is 98.6 Å². The number of carbonyl (C=O) groups is 3. The summed E-state index contributed by atoms with van der Waals surface area (Å²) in [5.41, 5.74) is 2.40. The minimum absolute atomic E-state index is 0.0631. The van der Waals surface area contributed by atoms with Crippen LogP contribution in [0.25, 0.3) is 0 Å². The first-order valence-electron chi connectivity index (χ1n) is 16.0. The fraction of sp³-hybridized carbons (Fsp3) is 0.432. The van der Waals surface area contributed by atoms with Gasteiger partial charge >= 0.3 is 0 Å². The van der Waals surface area contributed by atoms with Crippen LogP contribution in [0.5, 0.6) is 11.5 Å². The summed E-state index contributed by atoms with van der Waals surface area (Å²) in [6, 6.07) is 22.8. The molecule has 3 amide bonds. The number of benzene rings is 3. The van der Waals surface area contributed by atoms with E-state index in [0.29, 0.717) is 54.1 Å². The van der Waals surface area contributed by atoms with E-state index in [0.717, 1.165) is 50.5 Å². The van der Waals surface area contributed by atoms with Crippen LogP contribution in [0, 0.1) is 22.7 Å². The molecule has 4 bridgehead atoms.